The number of hydrogen-bond donors (Lipinski definition) is 1. The summed E-state index contributed by atoms with van der Waals surface area (Å²) < 4.78 is 0.122. The highest BCUT2D eigenvalue weighted by Gasteiger charge is 2.51. The Kier molecular flexibility index (Phi) is 3.97. The highest BCUT2D eigenvalue weighted by molar-refractivity contribution is 8.00. The molecule has 0 aromatic rings. The summed E-state index contributed by atoms with van der Waals surface area (Å²) in [6.45, 7) is 4.82. The van der Waals surface area contributed by atoms with E-state index in [9.17, 15) is 9.59 Å². The maximum Gasteiger partial charge on any atom is 0.249 e. The second kappa shape index (κ2) is 5.49. The molecule has 2 heterocycles. The lowest BCUT2D eigenvalue weighted by molar-refractivity contribution is -0.156. The van der Waals surface area contributed by atoms with E-state index in [1.807, 2.05) is 23.6 Å². The molecule has 3 rings (SSSR count). The molecule has 118 valence electrons. The van der Waals surface area contributed by atoms with Crippen LogP contribution in [0.4, 0.5) is 0 Å². The zero-order valence-corrected chi connectivity index (χ0v) is 13.9. The van der Waals surface area contributed by atoms with E-state index in [4.69, 9.17) is 0 Å². The van der Waals surface area contributed by atoms with Crippen molar-refractivity contribution in [1.82, 2.24) is 10.2 Å². The Labute approximate surface area is 131 Å². The quantitative estimate of drug-likeness (QED) is 0.851. The molecule has 2 unspecified atom stereocenters. The van der Waals surface area contributed by atoms with E-state index in [0.29, 0.717) is 6.54 Å². The highest BCUT2D eigenvalue weighted by Crippen LogP contribution is 2.40. The molecule has 0 aromatic carbocycles. The number of hydrogen-bond acceptors (Lipinski definition) is 3. The van der Waals surface area contributed by atoms with Crippen molar-refractivity contribution in [3.63, 3.8) is 0 Å². The van der Waals surface area contributed by atoms with E-state index in [1.165, 1.54) is 18.6 Å². The zero-order chi connectivity index (χ0) is 15.1. The number of nitrogens with one attached hydrogen (secondary N) is 1. The van der Waals surface area contributed by atoms with Crippen molar-refractivity contribution in [2.75, 3.05) is 12.3 Å². The van der Waals surface area contributed by atoms with Gasteiger partial charge in [0, 0.05) is 11.3 Å². The number of thioether (sulfide) groups is 1. The maximum atomic E-state index is 13.1. The number of carbonyl (C=O) groups excluding carboxylic acids is 2. The minimum Gasteiger partial charge on any atom is -0.340 e. The van der Waals surface area contributed by atoms with Gasteiger partial charge < -0.3 is 10.2 Å². The predicted octanol–water partition coefficient (Wildman–Crippen LogP) is 2.32. The van der Waals surface area contributed by atoms with Crippen molar-refractivity contribution in [3.05, 3.63) is 0 Å². The molecule has 1 N–H and O–H groups in total. The van der Waals surface area contributed by atoms with Gasteiger partial charge in [-0.3, -0.25) is 9.59 Å². The lowest BCUT2D eigenvalue weighted by atomic mass is 9.78. The van der Waals surface area contributed by atoms with E-state index < -0.39 is 5.54 Å². The van der Waals surface area contributed by atoms with Crippen molar-refractivity contribution in [2.45, 2.75) is 75.1 Å². The fraction of sp³-hybridized carbons (Fsp3) is 0.875. The summed E-state index contributed by atoms with van der Waals surface area (Å²) in [6.07, 6.45) is 7.24. The topological polar surface area (TPSA) is 49.4 Å². The van der Waals surface area contributed by atoms with Gasteiger partial charge in [-0.25, -0.2) is 0 Å². The van der Waals surface area contributed by atoms with E-state index in [-0.39, 0.29) is 22.6 Å². The van der Waals surface area contributed by atoms with Crippen molar-refractivity contribution < 1.29 is 9.59 Å². The molecule has 0 bridgehead atoms. The van der Waals surface area contributed by atoms with Crippen LogP contribution in [-0.4, -0.2) is 45.3 Å². The van der Waals surface area contributed by atoms with Gasteiger partial charge in [0.15, 0.2) is 0 Å². The van der Waals surface area contributed by atoms with Gasteiger partial charge in [0.05, 0.1) is 0 Å². The van der Waals surface area contributed by atoms with Crippen LogP contribution in [-0.2, 0) is 9.59 Å². The minimum absolute atomic E-state index is 0.0306. The van der Waals surface area contributed by atoms with Crippen LogP contribution in [0.25, 0.3) is 0 Å². The van der Waals surface area contributed by atoms with Crippen LogP contribution in [0.15, 0.2) is 0 Å². The Morgan fingerprint density at radius 2 is 1.90 bits per heavy atom. The second-order valence-electron chi connectivity index (χ2n) is 7.14. The smallest absolute Gasteiger partial charge is 0.249 e. The average Bonchev–Trinajstić information content (AvgIpc) is 2.90. The number of piperazine rings is 1. The van der Waals surface area contributed by atoms with Crippen LogP contribution in [0, 0.1) is 0 Å². The van der Waals surface area contributed by atoms with E-state index >= 15 is 0 Å². The number of carbonyl (C=O) groups is 2. The van der Waals surface area contributed by atoms with Crippen molar-refractivity contribution in [1.29, 1.82) is 0 Å². The summed E-state index contributed by atoms with van der Waals surface area (Å²) in [5.41, 5.74) is -0.596. The largest absolute Gasteiger partial charge is 0.340 e. The molecule has 2 aliphatic heterocycles. The number of nitrogens with zero attached hydrogens (tertiary/aromatic N) is 1. The first-order valence-corrected chi connectivity index (χ1v) is 9.21. The molecule has 0 aromatic heterocycles. The normalized spacial score (nSPS) is 36.1. The Balaban J connectivity index is 1.82. The summed E-state index contributed by atoms with van der Waals surface area (Å²) in [5, 5.41) is 3.06. The molecule has 4 nitrogen and oxygen atoms in total. The summed E-state index contributed by atoms with van der Waals surface area (Å²) in [6, 6.07) is -0.330. The van der Waals surface area contributed by atoms with Crippen molar-refractivity contribution in [3.8, 4) is 0 Å². The second-order valence-corrected chi connectivity index (χ2v) is 8.83. The molecule has 2 saturated heterocycles. The molecule has 1 spiro atoms. The molecule has 1 saturated carbocycles. The Morgan fingerprint density at radius 3 is 2.52 bits per heavy atom. The van der Waals surface area contributed by atoms with Crippen LogP contribution in [0.5, 0.6) is 0 Å². The first-order chi connectivity index (χ1) is 9.96. The molecule has 5 heteroatoms. The molecular formula is C16H26N2O2S. The molecule has 2 atom stereocenters. The summed E-state index contributed by atoms with van der Waals surface area (Å²) in [4.78, 5) is 27.4. The van der Waals surface area contributed by atoms with Crippen LogP contribution < -0.4 is 5.32 Å². The molecule has 0 radical (unpaired) electrons. The Morgan fingerprint density at radius 1 is 1.19 bits per heavy atom. The first kappa shape index (κ1) is 15.2. The van der Waals surface area contributed by atoms with Crippen LogP contribution in [0.2, 0.25) is 0 Å². The minimum atomic E-state index is -0.596. The van der Waals surface area contributed by atoms with Gasteiger partial charge in [-0.2, -0.15) is 11.8 Å². The zero-order valence-electron chi connectivity index (χ0n) is 13.1. The Hall–Kier alpha value is -0.710. The summed E-state index contributed by atoms with van der Waals surface area (Å²) >= 11 is 1.95. The SMILES string of the molecule is CC1C(=O)NC2(CCCCC2)C(=O)N1CC1(C)CCCS1. The van der Waals surface area contributed by atoms with Crippen molar-refractivity contribution in [2.24, 2.45) is 0 Å². The average molecular weight is 310 g/mol. The van der Waals surface area contributed by atoms with Gasteiger partial charge >= 0.3 is 0 Å². The molecular weight excluding hydrogens is 284 g/mol. The monoisotopic (exact) mass is 310 g/mol. The fourth-order valence-electron chi connectivity index (χ4n) is 4.01. The number of rotatable bonds is 2. The lowest BCUT2D eigenvalue weighted by Gasteiger charge is -2.48. The molecule has 21 heavy (non-hydrogen) atoms. The Bertz CT molecular complexity index is 440. The maximum absolute atomic E-state index is 13.1. The van der Waals surface area contributed by atoms with Gasteiger partial charge in [-0.15, -0.1) is 0 Å². The van der Waals surface area contributed by atoms with Gasteiger partial charge in [0.25, 0.3) is 0 Å². The standard InChI is InChI=1S/C16H26N2O2S/c1-12-13(19)17-16(8-4-3-5-9-16)14(20)18(12)11-15(2)7-6-10-21-15/h12H,3-11H2,1-2H3,(H,17,19). The van der Waals surface area contributed by atoms with Crippen LogP contribution >= 0.6 is 11.8 Å². The molecule has 2 amide bonds. The summed E-state index contributed by atoms with van der Waals surface area (Å²) in [5.74, 6) is 1.37. The lowest BCUT2D eigenvalue weighted by Crippen LogP contribution is -2.71. The first-order valence-electron chi connectivity index (χ1n) is 8.23. The third-order valence-electron chi connectivity index (χ3n) is 5.39. The van der Waals surface area contributed by atoms with Crippen molar-refractivity contribution >= 4 is 23.6 Å². The van der Waals surface area contributed by atoms with E-state index in [2.05, 4.69) is 12.2 Å². The molecule has 3 fully saturated rings. The van der Waals surface area contributed by atoms with Gasteiger partial charge in [-0.05, 0) is 45.3 Å². The van der Waals surface area contributed by atoms with Gasteiger partial charge in [0.1, 0.15) is 11.6 Å². The van der Waals surface area contributed by atoms with E-state index in [1.54, 1.807) is 0 Å². The molecule has 3 aliphatic rings. The highest BCUT2D eigenvalue weighted by atomic mass is 32.2. The summed E-state index contributed by atoms with van der Waals surface area (Å²) in [7, 11) is 0. The fourth-order valence-corrected chi connectivity index (χ4v) is 5.31. The van der Waals surface area contributed by atoms with Crippen LogP contribution in [0.3, 0.4) is 0 Å². The van der Waals surface area contributed by atoms with Gasteiger partial charge in [-0.1, -0.05) is 19.3 Å². The molecule has 1 aliphatic carbocycles. The predicted molar refractivity (Wildman–Crippen MR) is 85.2 cm³/mol. The van der Waals surface area contributed by atoms with Crippen LogP contribution in [0.1, 0.15) is 58.8 Å². The number of amides is 2. The third kappa shape index (κ3) is 2.69. The third-order valence-corrected chi connectivity index (χ3v) is 6.92. The van der Waals surface area contributed by atoms with E-state index in [0.717, 1.165) is 32.1 Å². The van der Waals surface area contributed by atoms with Gasteiger partial charge in [0.2, 0.25) is 11.8 Å².